The summed E-state index contributed by atoms with van der Waals surface area (Å²) in [6.07, 6.45) is 7.48. The van der Waals surface area contributed by atoms with E-state index in [4.69, 9.17) is 14.3 Å². The predicted octanol–water partition coefficient (Wildman–Crippen LogP) is 4.23. The van der Waals surface area contributed by atoms with Gasteiger partial charge >= 0.3 is 23.8 Å². The van der Waals surface area contributed by atoms with Crippen LogP contribution in [-0.4, -0.2) is 39.3 Å². The fraction of sp³-hybridized carbons (Fsp3) is 0.545. The minimum absolute atomic E-state index is 0.0681. The van der Waals surface area contributed by atoms with Gasteiger partial charge in [0.15, 0.2) is 11.6 Å². The Balaban J connectivity index is 1.30. The maximum atomic E-state index is 14.5. The third kappa shape index (κ3) is 5.54. The van der Waals surface area contributed by atoms with Crippen LogP contribution < -0.4 is 15.4 Å². The van der Waals surface area contributed by atoms with Crippen LogP contribution in [0, 0.1) is 11.7 Å². The van der Waals surface area contributed by atoms with Crippen LogP contribution in [0.25, 0.3) is 0 Å². The first-order valence-corrected chi connectivity index (χ1v) is 11.1. The van der Waals surface area contributed by atoms with E-state index in [2.05, 4.69) is 20.8 Å². The number of nitrogens with one attached hydrogen (secondary N) is 2. The molecule has 2 aliphatic carbocycles. The Morgan fingerprint density at radius 2 is 1.81 bits per heavy atom. The number of carboxylic acids is 1. The van der Waals surface area contributed by atoms with Crippen molar-refractivity contribution in [3.05, 3.63) is 29.9 Å². The Morgan fingerprint density at radius 3 is 2.50 bits per heavy atom. The molecule has 4 rings (SSSR count). The standard InChI is InChI=1S/C22H27FN4O5/c23-17-12-15(8-11-18(17)31-16-9-6-13(7-10-16)21(29)30)24-19(28)20-26-27-22(32-20)25-14-4-2-1-3-5-14/h8,11-14,16H,1-7,9-10H2,(H,24,28)(H,25,27)(H,29,30). The number of aromatic nitrogens is 2. The number of halogens is 1. The van der Waals surface area contributed by atoms with Crippen molar-refractivity contribution in [1.82, 2.24) is 10.2 Å². The number of carboxylic acid groups (broad SMARTS) is 1. The molecule has 32 heavy (non-hydrogen) atoms. The third-order valence-electron chi connectivity index (χ3n) is 6.06. The molecule has 172 valence electrons. The molecule has 0 atom stereocenters. The van der Waals surface area contributed by atoms with Gasteiger partial charge in [0.05, 0.1) is 12.0 Å². The molecule has 10 heteroatoms. The summed E-state index contributed by atoms with van der Waals surface area (Å²) in [5.41, 5.74) is 0.231. The fourth-order valence-electron chi connectivity index (χ4n) is 4.26. The molecule has 0 bridgehead atoms. The molecule has 0 unspecified atom stereocenters. The quantitative estimate of drug-likeness (QED) is 0.577. The number of carbonyl (C=O) groups excluding carboxylic acids is 1. The van der Waals surface area contributed by atoms with Crippen LogP contribution in [0.5, 0.6) is 5.75 Å². The molecule has 1 aromatic heterocycles. The van der Waals surface area contributed by atoms with Crippen LogP contribution in [0.4, 0.5) is 16.1 Å². The van der Waals surface area contributed by atoms with E-state index in [0.29, 0.717) is 25.7 Å². The van der Waals surface area contributed by atoms with Crippen molar-refractivity contribution in [3.63, 3.8) is 0 Å². The van der Waals surface area contributed by atoms with Crippen molar-refractivity contribution < 1.29 is 28.2 Å². The smallest absolute Gasteiger partial charge is 0.316 e. The van der Waals surface area contributed by atoms with Crippen molar-refractivity contribution in [1.29, 1.82) is 0 Å². The molecule has 1 aromatic carbocycles. The van der Waals surface area contributed by atoms with E-state index in [0.717, 1.165) is 31.7 Å². The lowest BCUT2D eigenvalue weighted by Crippen LogP contribution is -2.28. The third-order valence-corrected chi connectivity index (χ3v) is 6.06. The summed E-state index contributed by atoms with van der Waals surface area (Å²) < 4.78 is 25.6. The lowest BCUT2D eigenvalue weighted by molar-refractivity contribution is -0.143. The summed E-state index contributed by atoms with van der Waals surface area (Å²) in [5.74, 6) is -2.55. The van der Waals surface area contributed by atoms with E-state index >= 15 is 0 Å². The first-order chi connectivity index (χ1) is 15.5. The molecule has 0 aliphatic heterocycles. The van der Waals surface area contributed by atoms with E-state index in [1.807, 2.05) is 0 Å². The number of carbonyl (C=O) groups is 2. The molecule has 1 heterocycles. The summed E-state index contributed by atoms with van der Waals surface area (Å²) in [6.45, 7) is 0. The van der Waals surface area contributed by atoms with Gasteiger partial charge in [-0.2, -0.15) is 0 Å². The Hall–Kier alpha value is -3.17. The second-order valence-electron chi connectivity index (χ2n) is 8.42. The highest BCUT2D eigenvalue weighted by molar-refractivity contribution is 6.00. The monoisotopic (exact) mass is 446 g/mol. The minimum Gasteiger partial charge on any atom is -0.487 e. The van der Waals surface area contributed by atoms with Crippen LogP contribution in [0.2, 0.25) is 0 Å². The molecule has 0 saturated heterocycles. The zero-order valence-corrected chi connectivity index (χ0v) is 17.7. The molecule has 1 amide bonds. The average molecular weight is 446 g/mol. The molecule has 9 nitrogen and oxygen atoms in total. The number of ether oxygens (including phenoxy) is 1. The van der Waals surface area contributed by atoms with Crippen molar-refractivity contribution >= 4 is 23.6 Å². The lowest BCUT2D eigenvalue weighted by atomic mass is 9.87. The number of nitrogens with zero attached hydrogens (tertiary/aromatic N) is 2. The fourth-order valence-corrected chi connectivity index (χ4v) is 4.26. The summed E-state index contributed by atoms with van der Waals surface area (Å²) >= 11 is 0. The van der Waals surface area contributed by atoms with Gasteiger partial charge in [-0.15, -0.1) is 5.10 Å². The molecule has 2 aliphatic rings. The van der Waals surface area contributed by atoms with E-state index in [-0.39, 0.29) is 41.4 Å². The Bertz CT molecular complexity index is 952. The predicted molar refractivity (Wildman–Crippen MR) is 113 cm³/mol. The molecule has 3 N–H and O–H groups in total. The zero-order valence-electron chi connectivity index (χ0n) is 17.7. The Kier molecular flexibility index (Phi) is 6.87. The van der Waals surface area contributed by atoms with Gasteiger partial charge in [-0.05, 0) is 50.7 Å². The van der Waals surface area contributed by atoms with Gasteiger partial charge in [-0.3, -0.25) is 9.59 Å². The lowest BCUT2D eigenvalue weighted by Gasteiger charge is -2.27. The highest BCUT2D eigenvalue weighted by atomic mass is 19.1. The van der Waals surface area contributed by atoms with Gasteiger partial charge in [0.2, 0.25) is 0 Å². The van der Waals surface area contributed by atoms with Crippen LogP contribution >= 0.6 is 0 Å². The Labute approximate surface area is 184 Å². The first kappa shape index (κ1) is 22.0. The summed E-state index contributed by atoms with van der Waals surface area (Å²) in [4.78, 5) is 23.4. The molecule has 2 saturated carbocycles. The summed E-state index contributed by atoms with van der Waals surface area (Å²) in [7, 11) is 0. The molecular formula is C22H27FN4O5. The molecular weight excluding hydrogens is 419 g/mol. The molecule has 2 fully saturated rings. The summed E-state index contributed by atoms with van der Waals surface area (Å²) in [6, 6.07) is 4.60. The topological polar surface area (TPSA) is 127 Å². The number of hydrogen-bond donors (Lipinski definition) is 3. The number of hydrogen-bond acceptors (Lipinski definition) is 7. The van der Waals surface area contributed by atoms with E-state index in [1.165, 1.54) is 18.6 Å². The van der Waals surface area contributed by atoms with Gasteiger partial charge in [0.1, 0.15) is 0 Å². The molecule has 0 spiro atoms. The van der Waals surface area contributed by atoms with Crippen LogP contribution in [0.15, 0.2) is 22.6 Å². The van der Waals surface area contributed by atoms with Crippen LogP contribution in [-0.2, 0) is 4.79 Å². The minimum atomic E-state index is -0.798. The van der Waals surface area contributed by atoms with Crippen LogP contribution in [0.3, 0.4) is 0 Å². The van der Waals surface area contributed by atoms with Gasteiger partial charge < -0.3 is 24.9 Å². The van der Waals surface area contributed by atoms with Gasteiger partial charge in [0.25, 0.3) is 0 Å². The van der Waals surface area contributed by atoms with Gasteiger partial charge in [-0.1, -0.05) is 24.4 Å². The Morgan fingerprint density at radius 1 is 1.06 bits per heavy atom. The SMILES string of the molecule is O=C(Nc1ccc(OC2CCC(C(=O)O)CC2)c(F)c1)c1nnc(NC2CCCCC2)o1. The van der Waals surface area contributed by atoms with Crippen LogP contribution in [0.1, 0.15) is 68.5 Å². The second-order valence-corrected chi connectivity index (χ2v) is 8.42. The molecule has 2 aromatic rings. The van der Waals surface area contributed by atoms with E-state index in [9.17, 15) is 14.0 Å². The van der Waals surface area contributed by atoms with Gasteiger partial charge in [-0.25, -0.2) is 4.39 Å². The first-order valence-electron chi connectivity index (χ1n) is 11.1. The number of rotatable bonds is 7. The number of benzene rings is 1. The van der Waals surface area contributed by atoms with Crippen molar-refractivity contribution in [2.24, 2.45) is 5.92 Å². The van der Waals surface area contributed by atoms with E-state index in [1.54, 1.807) is 0 Å². The molecule has 0 radical (unpaired) electrons. The normalized spacial score (nSPS) is 21.7. The number of amides is 1. The highest BCUT2D eigenvalue weighted by Crippen LogP contribution is 2.30. The maximum Gasteiger partial charge on any atom is 0.316 e. The van der Waals surface area contributed by atoms with Crippen molar-refractivity contribution in [2.75, 3.05) is 10.6 Å². The summed E-state index contributed by atoms with van der Waals surface area (Å²) in [5, 5.41) is 22.4. The van der Waals surface area contributed by atoms with Gasteiger partial charge in [0, 0.05) is 17.8 Å². The maximum absolute atomic E-state index is 14.5. The average Bonchev–Trinajstić information content (AvgIpc) is 3.25. The highest BCUT2D eigenvalue weighted by Gasteiger charge is 2.27. The largest absolute Gasteiger partial charge is 0.487 e. The van der Waals surface area contributed by atoms with Crippen molar-refractivity contribution in [3.8, 4) is 5.75 Å². The van der Waals surface area contributed by atoms with Crippen molar-refractivity contribution in [2.45, 2.75) is 69.9 Å². The number of anilines is 2. The zero-order chi connectivity index (χ0) is 22.5. The van der Waals surface area contributed by atoms with E-state index < -0.39 is 17.7 Å². The second kappa shape index (κ2) is 9.97. The number of aliphatic carboxylic acids is 1.